The highest BCUT2D eigenvalue weighted by Crippen LogP contribution is 2.21. The summed E-state index contributed by atoms with van der Waals surface area (Å²) >= 11 is 3.47. The number of hydrogen-bond acceptors (Lipinski definition) is 2. The van der Waals surface area contributed by atoms with Crippen LogP contribution in [0.1, 0.15) is 25.3 Å². The van der Waals surface area contributed by atoms with Gasteiger partial charge in [0.1, 0.15) is 0 Å². The van der Waals surface area contributed by atoms with Gasteiger partial charge in [-0.2, -0.15) is 0 Å². The van der Waals surface area contributed by atoms with Crippen molar-refractivity contribution < 1.29 is 4.79 Å². The Labute approximate surface area is 117 Å². The van der Waals surface area contributed by atoms with E-state index in [2.05, 4.69) is 34.2 Å². The van der Waals surface area contributed by atoms with Crippen molar-refractivity contribution in [3.8, 4) is 0 Å². The van der Waals surface area contributed by atoms with E-state index in [0.29, 0.717) is 6.54 Å². The molecule has 1 aromatic rings. The van der Waals surface area contributed by atoms with Crippen molar-refractivity contribution in [1.82, 2.24) is 4.90 Å². The van der Waals surface area contributed by atoms with Gasteiger partial charge in [0.15, 0.2) is 0 Å². The summed E-state index contributed by atoms with van der Waals surface area (Å²) in [7, 11) is 0. The van der Waals surface area contributed by atoms with E-state index in [1.54, 1.807) is 0 Å². The summed E-state index contributed by atoms with van der Waals surface area (Å²) in [5.74, 6) is 0.206. The number of hydrogen-bond donors (Lipinski definition) is 1. The summed E-state index contributed by atoms with van der Waals surface area (Å²) in [5.41, 5.74) is 2.30. The zero-order valence-corrected chi connectivity index (χ0v) is 12.3. The first-order valence-electron chi connectivity index (χ1n) is 6.50. The lowest BCUT2D eigenvalue weighted by Crippen LogP contribution is -2.33. The highest BCUT2D eigenvalue weighted by atomic mass is 79.9. The molecule has 0 bridgehead atoms. The number of halogens is 1. The number of aryl methyl sites for hydroxylation is 1. The fourth-order valence-corrected chi connectivity index (χ4v) is 2.68. The first kappa shape index (κ1) is 13.4. The van der Waals surface area contributed by atoms with Crippen LogP contribution in [0.3, 0.4) is 0 Å². The molecule has 0 unspecified atom stereocenters. The number of amides is 1. The van der Waals surface area contributed by atoms with E-state index in [9.17, 15) is 4.79 Å². The molecule has 0 atom stereocenters. The van der Waals surface area contributed by atoms with Crippen LogP contribution in [0.4, 0.5) is 5.69 Å². The largest absolute Gasteiger partial charge is 0.376 e. The van der Waals surface area contributed by atoms with Crippen molar-refractivity contribution in [3.05, 3.63) is 28.2 Å². The third kappa shape index (κ3) is 3.25. The third-order valence-corrected chi connectivity index (χ3v) is 3.83. The maximum Gasteiger partial charge on any atom is 0.241 e. The topological polar surface area (TPSA) is 32.3 Å². The molecule has 1 fully saturated rings. The van der Waals surface area contributed by atoms with Crippen LogP contribution in [0, 0.1) is 0 Å². The zero-order chi connectivity index (χ0) is 13.0. The first-order chi connectivity index (χ1) is 8.70. The summed E-state index contributed by atoms with van der Waals surface area (Å²) in [6.45, 7) is 4.35. The maximum absolute atomic E-state index is 11.9. The minimum absolute atomic E-state index is 0.206. The summed E-state index contributed by atoms with van der Waals surface area (Å²) in [4.78, 5) is 13.9. The standard InChI is InChI=1S/C14H19BrN2O/c1-2-11-9-12(15)5-6-13(11)16-10-14(18)17-7-3-4-8-17/h5-6,9,16H,2-4,7-8,10H2,1H3. The summed E-state index contributed by atoms with van der Waals surface area (Å²) in [5, 5.41) is 3.26. The van der Waals surface area contributed by atoms with Gasteiger partial charge in [0.25, 0.3) is 0 Å². The van der Waals surface area contributed by atoms with Gasteiger partial charge >= 0.3 is 0 Å². The van der Waals surface area contributed by atoms with Crippen LogP contribution in [0.25, 0.3) is 0 Å². The molecule has 3 nitrogen and oxygen atoms in total. The van der Waals surface area contributed by atoms with Crippen LogP contribution in [0.15, 0.2) is 22.7 Å². The highest BCUT2D eigenvalue weighted by molar-refractivity contribution is 9.10. The van der Waals surface area contributed by atoms with E-state index >= 15 is 0 Å². The molecule has 4 heteroatoms. The fourth-order valence-electron chi connectivity index (χ4n) is 2.28. The number of carbonyl (C=O) groups is 1. The number of benzene rings is 1. The molecule has 1 amide bonds. The number of rotatable bonds is 4. The van der Waals surface area contributed by atoms with Gasteiger partial charge in [0, 0.05) is 23.2 Å². The predicted molar refractivity (Wildman–Crippen MR) is 77.8 cm³/mol. The molecular formula is C14H19BrN2O. The van der Waals surface area contributed by atoms with E-state index < -0.39 is 0 Å². The Hall–Kier alpha value is -1.03. The summed E-state index contributed by atoms with van der Waals surface area (Å²) in [6, 6.07) is 6.13. The smallest absolute Gasteiger partial charge is 0.241 e. The van der Waals surface area contributed by atoms with Gasteiger partial charge in [-0.25, -0.2) is 0 Å². The molecule has 0 aliphatic carbocycles. The fraction of sp³-hybridized carbons (Fsp3) is 0.500. The van der Waals surface area contributed by atoms with Crippen molar-refractivity contribution in [2.75, 3.05) is 25.0 Å². The maximum atomic E-state index is 11.9. The number of nitrogens with one attached hydrogen (secondary N) is 1. The van der Waals surface area contributed by atoms with Gasteiger partial charge in [0.05, 0.1) is 6.54 Å². The Bertz CT molecular complexity index is 428. The van der Waals surface area contributed by atoms with Crippen LogP contribution in [-0.2, 0) is 11.2 Å². The van der Waals surface area contributed by atoms with Gasteiger partial charge in [-0.1, -0.05) is 22.9 Å². The molecule has 98 valence electrons. The average Bonchev–Trinajstić information content (AvgIpc) is 2.90. The Balaban J connectivity index is 1.95. The van der Waals surface area contributed by atoms with E-state index in [-0.39, 0.29) is 5.91 Å². The predicted octanol–water partition coefficient (Wildman–Crippen LogP) is 3.05. The number of nitrogens with zero attached hydrogens (tertiary/aromatic N) is 1. The normalized spacial score (nSPS) is 14.9. The molecule has 1 aliphatic heterocycles. The second kappa shape index (κ2) is 6.23. The van der Waals surface area contributed by atoms with Gasteiger partial charge in [-0.15, -0.1) is 0 Å². The second-order valence-corrected chi connectivity index (χ2v) is 5.51. The molecule has 0 saturated carbocycles. The van der Waals surface area contributed by atoms with E-state index in [1.807, 2.05) is 17.0 Å². The third-order valence-electron chi connectivity index (χ3n) is 3.34. The van der Waals surface area contributed by atoms with Crippen LogP contribution >= 0.6 is 15.9 Å². The molecule has 0 aromatic heterocycles. The van der Waals surface area contributed by atoms with Crippen molar-refractivity contribution in [1.29, 1.82) is 0 Å². The van der Waals surface area contributed by atoms with Crippen molar-refractivity contribution >= 4 is 27.5 Å². The van der Waals surface area contributed by atoms with Gasteiger partial charge in [-0.3, -0.25) is 4.79 Å². The van der Waals surface area contributed by atoms with Gasteiger partial charge in [0.2, 0.25) is 5.91 Å². The number of likely N-dealkylation sites (tertiary alicyclic amines) is 1. The summed E-state index contributed by atoms with van der Waals surface area (Å²) < 4.78 is 1.08. The molecule has 1 aliphatic rings. The monoisotopic (exact) mass is 310 g/mol. The van der Waals surface area contributed by atoms with Gasteiger partial charge in [-0.05, 0) is 43.0 Å². The van der Waals surface area contributed by atoms with Gasteiger partial charge < -0.3 is 10.2 Å². The molecular weight excluding hydrogens is 292 g/mol. The Morgan fingerprint density at radius 2 is 2.11 bits per heavy atom. The Morgan fingerprint density at radius 1 is 1.39 bits per heavy atom. The minimum atomic E-state index is 0.206. The average molecular weight is 311 g/mol. The summed E-state index contributed by atoms with van der Waals surface area (Å²) in [6.07, 6.45) is 3.24. The van der Waals surface area contributed by atoms with Crippen molar-refractivity contribution in [3.63, 3.8) is 0 Å². The lowest BCUT2D eigenvalue weighted by Gasteiger charge is -2.17. The second-order valence-electron chi connectivity index (χ2n) is 4.60. The molecule has 0 spiro atoms. The molecule has 2 rings (SSSR count). The van der Waals surface area contributed by atoms with Crippen molar-refractivity contribution in [2.45, 2.75) is 26.2 Å². The highest BCUT2D eigenvalue weighted by Gasteiger charge is 2.17. The molecule has 1 heterocycles. The van der Waals surface area contributed by atoms with Crippen LogP contribution in [0.5, 0.6) is 0 Å². The van der Waals surface area contributed by atoms with Crippen LogP contribution < -0.4 is 5.32 Å². The molecule has 1 N–H and O–H groups in total. The van der Waals surface area contributed by atoms with Crippen LogP contribution in [0.2, 0.25) is 0 Å². The molecule has 1 saturated heterocycles. The molecule has 0 radical (unpaired) electrons. The lowest BCUT2D eigenvalue weighted by atomic mass is 10.1. The molecule has 18 heavy (non-hydrogen) atoms. The van der Waals surface area contributed by atoms with E-state index in [0.717, 1.165) is 42.5 Å². The minimum Gasteiger partial charge on any atom is -0.376 e. The Kier molecular flexibility index (Phi) is 4.64. The van der Waals surface area contributed by atoms with E-state index in [1.165, 1.54) is 5.56 Å². The van der Waals surface area contributed by atoms with Crippen LogP contribution in [-0.4, -0.2) is 30.4 Å². The molecule has 1 aromatic carbocycles. The SMILES string of the molecule is CCc1cc(Br)ccc1NCC(=O)N1CCCC1. The van der Waals surface area contributed by atoms with E-state index in [4.69, 9.17) is 0 Å². The number of anilines is 1. The zero-order valence-electron chi connectivity index (χ0n) is 10.7. The van der Waals surface area contributed by atoms with Crippen molar-refractivity contribution in [2.24, 2.45) is 0 Å². The first-order valence-corrected chi connectivity index (χ1v) is 7.30. The Morgan fingerprint density at radius 3 is 2.78 bits per heavy atom. The lowest BCUT2D eigenvalue weighted by molar-refractivity contribution is -0.128. The quantitative estimate of drug-likeness (QED) is 0.927. The number of carbonyl (C=O) groups excluding carboxylic acids is 1.